The molecular weight excluding hydrogens is 185 g/mol. The Labute approximate surface area is 74.4 Å². The van der Waals surface area contributed by atoms with E-state index >= 15 is 0 Å². The monoisotopic (exact) mass is 196 g/mol. The number of carbonyl (C=O) groups excluding carboxylic acids is 1. The summed E-state index contributed by atoms with van der Waals surface area (Å²) >= 11 is 0. The van der Waals surface area contributed by atoms with Gasteiger partial charge in [0.2, 0.25) is 0 Å². The minimum Gasteiger partial charge on any atom is -0.465 e. The van der Waals surface area contributed by atoms with Gasteiger partial charge in [0, 0.05) is 0 Å². The molecule has 0 aromatic rings. The average molecular weight is 196 g/mol. The fraction of sp³-hybridized carbons (Fsp3) is 0.625. The van der Waals surface area contributed by atoms with Crippen LogP contribution in [-0.4, -0.2) is 18.8 Å². The maximum atomic E-state index is 11.6. The summed E-state index contributed by atoms with van der Waals surface area (Å²) in [6.45, 7) is 4.42. The van der Waals surface area contributed by atoms with Gasteiger partial charge in [-0.1, -0.05) is 12.2 Å². The van der Waals surface area contributed by atoms with E-state index in [4.69, 9.17) is 0 Å². The van der Waals surface area contributed by atoms with Gasteiger partial charge in [0.15, 0.2) is 0 Å². The highest BCUT2D eigenvalue weighted by Crippen LogP contribution is 2.19. The zero-order valence-corrected chi connectivity index (χ0v) is 7.28. The van der Waals surface area contributed by atoms with Crippen LogP contribution in [0.3, 0.4) is 0 Å². The summed E-state index contributed by atoms with van der Waals surface area (Å²) in [5.74, 6) is -0.670. The molecule has 0 aliphatic carbocycles. The first-order chi connectivity index (χ1) is 5.81. The standard InChI is InChI=1S/C8H11F3O2/c1-6(2)5-7(12)13-4-3-8(9,10)11/h1,3-5H2,2H3. The minimum atomic E-state index is -4.27. The molecule has 5 heteroatoms. The van der Waals surface area contributed by atoms with Crippen LogP contribution in [0.2, 0.25) is 0 Å². The van der Waals surface area contributed by atoms with Crippen LogP contribution in [0.4, 0.5) is 13.2 Å². The smallest absolute Gasteiger partial charge is 0.392 e. The largest absolute Gasteiger partial charge is 0.465 e. The summed E-state index contributed by atoms with van der Waals surface area (Å²) in [6.07, 6.45) is -5.41. The van der Waals surface area contributed by atoms with Gasteiger partial charge in [-0.05, 0) is 6.92 Å². The fourth-order valence-electron chi connectivity index (χ4n) is 0.578. The highest BCUT2D eigenvalue weighted by Gasteiger charge is 2.27. The summed E-state index contributed by atoms with van der Waals surface area (Å²) in [7, 11) is 0. The summed E-state index contributed by atoms with van der Waals surface area (Å²) in [4.78, 5) is 10.7. The van der Waals surface area contributed by atoms with Crippen LogP contribution in [0.5, 0.6) is 0 Å². The minimum absolute atomic E-state index is 0.0299. The highest BCUT2D eigenvalue weighted by molar-refractivity contribution is 5.72. The van der Waals surface area contributed by atoms with Gasteiger partial charge < -0.3 is 4.74 Å². The van der Waals surface area contributed by atoms with Crippen LogP contribution in [0, 0.1) is 0 Å². The lowest BCUT2D eigenvalue weighted by atomic mass is 10.2. The topological polar surface area (TPSA) is 26.3 Å². The summed E-state index contributed by atoms with van der Waals surface area (Å²) in [5.41, 5.74) is 0.567. The average Bonchev–Trinajstić information content (AvgIpc) is 1.81. The van der Waals surface area contributed by atoms with E-state index in [1.807, 2.05) is 0 Å². The van der Waals surface area contributed by atoms with E-state index in [0.29, 0.717) is 5.57 Å². The second-order valence-corrected chi connectivity index (χ2v) is 2.72. The number of hydrogen-bond donors (Lipinski definition) is 0. The normalized spacial score (nSPS) is 11.1. The molecule has 76 valence electrons. The molecule has 0 saturated heterocycles. The quantitative estimate of drug-likeness (QED) is 0.510. The molecule has 0 fully saturated rings. The maximum absolute atomic E-state index is 11.6. The number of halogens is 3. The third-order valence-corrected chi connectivity index (χ3v) is 1.09. The number of hydrogen-bond acceptors (Lipinski definition) is 2. The molecule has 0 spiro atoms. The van der Waals surface area contributed by atoms with E-state index in [-0.39, 0.29) is 6.42 Å². The lowest BCUT2D eigenvalue weighted by Gasteiger charge is -2.06. The highest BCUT2D eigenvalue weighted by atomic mass is 19.4. The Morgan fingerprint density at radius 3 is 2.38 bits per heavy atom. The molecule has 0 radical (unpaired) electrons. The molecular formula is C8H11F3O2. The Kier molecular flexibility index (Phi) is 4.51. The van der Waals surface area contributed by atoms with Gasteiger partial charge in [-0.2, -0.15) is 13.2 Å². The van der Waals surface area contributed by atoms with Crippen molar-refractivity contribution in [1.82, 2.24) is 0 Å². The molecule has 0 N–H and O–H groups in total. The number of rotatable bonds is 4. The van der Waals surface area contributed by atoms with E-state index in [1.54, 1.807) is 6.92 Å². The van der Waals surface area contributed by atoms with E-state index in [0.717, 1.165) is 0 Å². The van der Waals surface area contributed by atoms with Crippen molar-refractivity contribution in [2.24, 2.45) is 0 Å². The van der Waals surface area contributed by atoms with Crippen LogP contribution >= 0.6 is 0 Å². The summed E-state index contributed by atoms with van der Waals surface area (Å²) in [6, 6.07) is 0. The predicted molar refractivity (Wildman–Crippen MR) is 41.1 cm³/mol. The molecule has 0 rings (SSSR count). The SMILES string of the molecule is C=C(C)CC(=O)OCCC(F)(F)F. The van der Waals surface area contributed by atoms with Gasteiger partial charge in [0.05, 0.1) is 19.4 Å². The van der Waals surface area contributed by atoms with E-state index < -0.39 is 25.2 Å². The zero-order valence-electron chi connectivity index (χ0n) is 7.28. The first-order valence-electron chi connectivity index (χ1n) is 3.68. The van der Waals surface area contributed by atoms with E-state index in [2.05, 4.69) is 11.3 Å². The molecule has 2 nitrogen and oxygen atoms in total. The molecule has 0 unspecified atom stereocenters. The van der Waals surface area contributed by atoms with Gasteiger partial charge in [-0.15, -0.1) is 0 Å². The number of carbonyl (C=O) groups is 1. The van der Waals surface area contributed by atoms with Crippen LogP contribution in [-0.2, 0) is 9.53 Å². The van der Waals surface area contributed by atoms with Gasteiger partial charge in [0.25, 0.3) is 0 Å². The van der Waals surface area contributed by atoms with E-state index in [9.17, 15) is 18.0 Å². The second kappa shape index (κ2) is 4.89. The van der Waals surface area contributed by atoms with Crippen molar-refractivity contribution in [2.45, 2.75) is 25.9 Å². The number of esters is 1. The second-order valence-electron chi connectivity index (χ2n) is 2.72. The molecule has 0 saturated carbocycles. The van der Waals surface area contributed by atoms with Crippen LogP contribution < -0.4 is 0 Å². The Hall–Kier alpha value is -1.00. The molecule has 0 atom stereocenters. The molecule has 13 heavy (non-hydrogen) atoms. The molecule has 0 bridgehead atoms. The molecule has 0 aromatic heterocycles. The maximum Gasteiger partial charge on any atom is 0.392 e. The van der Waals surface area contributed by atoms with Crippen LogP contribution in [0.25, 0.3) is 0 Å². The van der Waals surface area contributed by atoms with Crippen LogP contribution in [0.15, 0.2) is 12.2 Å². The number of ether oxygens (including phenoxy) is 1. The van der Waals surface area contributed by atoms with Crippen molar-refractivity contribution in [1.29, 1.82) is 0 Å². The lowest BCUT2D eigenvalue weighted by molar-refractivity contribution is -0.158. The number of alkyl halides is 3. The van der Waals surface area contributed by atoms with Gasteiger partial charge >= 0.3 is 12.1 Å². The molecule has 0 heterocycles. The molecule has 0 aromatic carbocycles. The third kappa shape index (κ3) is 8.91. The Morgan fingerprint density at radius 1 is 1.46 bits per heavy atom. The first kappa shape index (κ1) is 12.0. The van der Waals surface area contributed by atoms with Crippen molar-refractivity contribution >= 4 is 5.97 Å². The summed E-state index contributed by atoms with van der Waals surface area (Å²) in [5, 5.41) is 0. The van der Waals surface area contributed by atoms with Gasteiger partial charge in [-0.25, -0.2) is 0 Å². The zero-order chi connectivity index (χ0) is 10.5. The van der Waals surface area contributed by atoms with Crippen LogP contribution in [0.1, 0.15) is 19.8 Å². The Balaban J connectivity index is 3.54. The van der Waals surface area contributed by atoms with E-state index in [1.165, 1.54) is 0 Å². The lowest BCUT2D eigenvalue weighted by Crippen LogP contribution is -2.14. The van der Waals surface area contributed by atoms with Crippen molar-refractivity contribution in [3.63, 3.8) is 0 Å². The third-order valence-electron chi connectivity index (χ3n) is 1.09. The van der Waals surface area contributed by atoms with Crippen molar-refractivity contribution in [3.8, 4) is 0 Å². The first-order valence-corrected chi connectivity index (χ1v) is 3.68. The van der Waals surface area contributed by atoms with Crippen molar-refractivity contribution in [3.05, 3.63) is 12.2 Å². The summed E-state index contributed by atoms with van der Waals surface area (Å²) < 4.78 is 39.0. The fourth-order valence-corrected chi connectivity index (χ4v) is 0.578. The van der Waals surface area contributed by atoms with Crippen molar-refractivity contribution in [2.75, 3.05) is 6.61 Å². The Bertz CT molecular complexity index is 196. The van der Waals surface area contributed by atoms with Gasteiger partial charge in [-0.3, -0.25) is 4.79 Å². The molecule has 0 amide bonds. The predicted octanol–water partition coefficient (Wildman–Crippen LogP) is 2.45. The Morgan fingerprint density at radius 2 is 2.00 bits per heavy atom. The van der Waals surface area contributed by atoms with Crippen molar-refractivity contribution < 1.29 is 22.7 Å². The molecule has 0 aliphatic heterocycles. The molecule has 0 aliphatic rings. The van der Waals surface area contributed by atoms with Gasteiger partial charge in [0.1, 0.15) is 0 Å².